The minimum atomic E-state index is -0.925. The Morgan fingerprint density at radius 3 is 2.38 bits per heavy atom. The summed E-state index contributed by atoms with van der Waals surface area (Å²) in [6.07, 6.45) is 4.98. The second-order valence-electron chi connectivity index (χ2n) is 5.69. The molecule has 0 unspecified atom stereocenters. The number of carbonyl (C=O) groups is 2. The van der Waals surface area contributed by atoms with E-state index in [0.717, 1.165) is 25.0 Å². The van der Waals surface area contributed by atoms with Gasteiger partial charge in [-0.2, -0.15) is 0 Å². The van der Waals surface area contributed by atoms with Gasteiger partial charge in [0.1, 0.15) is 11.8 Å². The fourth-order valence-electron chi connectivity index (χ4n) is 2.79. The average molecular weight is 289 g/mol. The molecule has 1 N–H and O–H groups in total. The van der Waals surface area contributed by atoms with Crippen LogP contribution < -0.4 is 4.74 Å². The summed E-state index contributed by atoms with van der Waals surface area (Å²) in [7, 11) is 0. The van der Waals surface area contributed by atoms with Gasteiger partial charge in [0.05, 0.1) is 6.10 Å². The van der Waals surface area contributed by atoms with E-state index < -0.39 is 12.0 Å². The topological polar surface area (TPSA) is 66.8 Å². The molecule has 1 saturated heterocycles. The van der Waals surface area contributed by atoms with Crippen LogP contribution in [0.3, 0.4) is 0 Å². The van der Waals surface area contributed by atoms with Gasteiger partial charge in [-0.1, -0.05) is 0 Å². The zero-order valence-electron chi connectivity index (χ0n) is 11.8. The summed E-state index contributed by atoms with van der Waals surface area (Å²) in [6.45, 7) is 0.510. The zero-order valence-corrected chi connectivity index (χ0v) is 11.8. The molecule has 1 atom stereocenters. The number of carbonyl (C=O) groups excluding carboxylic acids is 1. The summed E-state index contributed by atoms with van der Waals surface area (Å²) in [5.41, 5.74) is 0.518. The second-order valence-corrected chi connectivity index (χ2v) is 5.69. The number of aliphatic carboxylic acids is 1. The van der Waals surface area contributed by atoms with Gasteiger partial charge in [-0.15, -0.1) is 0 Å². The Balaban J connectivity index is 1.68. The lowest BCUT2D eigenvalue weighted by Crippen LogP contribution is -2.40. The highest BCUT2D eigenvalue weighted by atomic mass is 16.5. The van der Waals surface area contributed by atoms with E-state index in [4.69, 9.17) is 9.84 Å². The third-order valence-electron chi connectivity index (χ3n) is 4.25. The molecule has 112 valence electrons. The molecule has 21 heavy (non-hydrogen) atoms. The van der Waals surface area contributed by atoms with Crippen molar-refractivity contribution in [3.05, 3.63) is 29.8 Å². The number of nitrogens with zero attached hydrogens (tertiary/aromatic N) is 1. The normalized spacial score (nSPS) is 21.9. The fourth-order valence-corrected chi connectivity index (χ4v) is 2.79. The summed E-state index contributed by atoms with van der Waals surface area (Å²) in [6, 6.07) is 6.32. The first-order chi connectivity index (χ1) is 10.1. The molecule has 1 aromatic carbocycles. The van der Waals surface area contributed by atoms with Gasteiger partial charge in [-0.25, -0.2) is 4.79 Å². The fraction of sp³-hybridized carbons (Fsp3) is 0.500. The zero-order chi connectivity index (χ0) is 14.8. The highest BCUT2D eigenvalue weighted by Crippen LogP contribution is 2.26. The molecule has 1 aromatic rings. The Kier molecular flexibility index (Phi) is 3.82. The Morgan fingerprint density at radius 2 is 1.81 bits per heavy atom. The monoisotopic (exact) mass is 289 g/mol. The molecule has 0 aromatic heterocycles. The third kappa shape index (κ3) is 2.86. The summed E-state index contributed by atoms with van der Waals surface area (Å²) in [5, 5.41) is 9.14. The minimum absolute atomic E-state index is 0.213. The van der Waals surface area contributed by atoms with E-state index in [1.807, 2.05) is 0 Å². The van der Waals surface area contributed by atoms with Crippen LogP contribution in [0.2, 0.25) is 0 Å². The van der Waals surface area contributed by atoms with Gasteiger partial charge >= 0.3 is 5.97 Å². The lowest BCUT2D eigenvalue weighted by molar-refractivity contribution is -0.141. The molecule has 3 rings (SSSR count). The quantitative estimate of drug-likeness (QED) is 0.923. The molecule has 1 heterocycles. The van der Waals surface area contributed by atoms with E-state index in [1.54, 1.807) is 24.3 Å². The summed E-state index contributed by atoms with van der Waals surface area (Å²) >= 11 is 0. The number of benzene rings is 1. The van der Waals surface area contributed by atoms with Crippen LogP contribution in [0, 0.1) is 0 Å². The lowest BCUT2D eigenvalue weighted by atomic mass is 9.96. The van der Waals surface area contributed by atoms with Crippen molar-refractivity contribution in [2.75, 3.05) is 6.54 Å². The largest absolute Gasteiger partial charge is 0.490 e. The van der Waals surface area contributed by atoms with E-state index >= 15 is 0 Å². The Hall–Kier alpha value is -2.04. The van der Waals surface area contributed by atoms with Gasteiger partial charge in [-0.3, -0.25) is 4.79 Å². The Labute approximate surface area is 123 Å². The van der Waals surface area contributed by atoms with Crippen molar-refractivity contribution >= 4 is 11.9 Å². The average Bonchev–Trinajstić information content (AvgIpc) is 2.92. The summed E-state index contributed by atoms with van der Waals surface area (Å²) in [4.78, 5) is 25.0. The van der Waals surface area contributed by atoms with Gasteiger partial charge in [0, 0.05) is 12.1 Å². The van der Waals surface area contributed by atoms with E-state index in [9.17, 15) is 9.59 Å². The predicted octanol–water partition coefficient (Wildman–Crippen LogP) is 2.31. The van der Waals surface area contributed by atoms with Crippen LogP contribution in [0.4, 0.5) is 0 Å². The molecular weight excluding hydrogens is 270 g/mol. The lowest BCUT2D eigenvalue weighted by Gasteiger charge is -2.26. The summed E-state index contributed by atoms with van der Waals surface area (Å²) in [5.74, 6) is -0.367. The van der Waals surface area contributed by atoms with Crippen molar-refractivity contribution in [1.82, 2.24) is 4.90 Å². The second kappa shape index (κ2) is 5.76. The Morgan fingerprint density at radius 1 is 1.10 bits per heavy atom. The number of rotatable bonds is 4. The van der Waals surface area contributed by atoms with Crippen molar-refractivity contribution in [2.24, 2.45) is 0 Å². The minimum Gasteiger partial charge on any atom is -0.490 e. The first kappa shape index (κ1) is 13.9. The molecule has 1 amide bonds. The molecule has 2 fully saturated rings. The van der Waals surface area contributed by atoms with Crippen LogP contribution in [0.25, 0.3) is 0 Å². The van der Waals surface area contributed by atoms with E-state index in [0.29, 0.717) is 24.6 Å². The maximum Gasteiger partial charge on any atom is 0.326 e. The van der Waals surface area contributed by atoms with Crippen molar-refractivity contribution in [2.45, 2.75) is 44.2 Å². The van der Waals surface area contributed by atoms with Gasteiger partial charge in [0.25, 0.3) is 5.91 Å². The predicted molar refractivity (Wildman–Crippen MR) is 76.4 cm³/mol. The molecule has 2 aliphatic rings. The number of carboxylic acids is 1. The highest BCUT2D eigenvalue weighted by Gasteiger charge is 2.34. The number of likely N-dealkylation sites (tertiary alicyclic amines) is 1. The van der Waals surface area contributed by atoms with Crippen molar-refractivity contribution in [1.29, 1.82) is 0 Å². The van der Waals surface area contributed by atoms with E-state index in [-0.39, 0.29) is 5.91 Å². The molecule has 1 saturated carbocycles. The molecule has 5 heteroatoms. The number of ether oxygens (including phenoxy) is 1. The Bertz CT molecular complexity index is 536. The maximum absolute atomic E-state index is 12.4. The molecule has 0 spiro atoms. The molecule has 5 nitrogen and oxygen atoms in total. The van der Waals surface area contributed by atoms with Gasteiger partial charge in [0.15, 0.2) is 0 Å². The first-order valence-corrected chi connectivity index (χ1v) is 7.45. The van der Waals surface area contributed by atoms with Crippen LogP contribution in [0.5, 0.6) is 5.75 Å². The highest BCUT2D eigenvalue weighted by molar-refractivity contribution is 5.97. The third-order valence-corrected chi connectivity index (χ3v) is 4.25. The standard InChI is InChI=1S/C16H19NO4/c18-15(17-10-2-5-14(17)16(19)20)11-6-8-13(9-7-11)21-12-3-1-4-12/h6-9,12,14H,1-5,10H2,(H,19,20)/t14-/m1/s1. The van der Waals surface area contributed by atoms with Crippen LogP contribution in [-0.4, -0.2) is 40.6 Å². The van der Waals surface area contributed by atoms with Crippen LogP contribution in [0.15, 0.2) is 24.3 Å². The van der Waals surface area contributed by atoms with E-state index in [1.165, 1.54) is 11.3 Å². The first-order valence-electron chi connectivity index (χ1n) is 7.45. The number of hydrogen-bond donors (Lipinski definition) is 1. The van der Waals surface area contributed by atoms with Crippen molar-refractivity contribution in [3.8, 4) is 5.75 Å². The molecular formula is C16H19NO4. The molecule has 0 bridgehead atoms. The smallest absolute Gasteiger partial charge is 0.326 e. The van der Waals surface area contributed by atoms with Crippen LogP contribution in [-0.2, 0) is 4.79 Å². The van der Waals surface area contributed by atoms with Crippen molar-refractivity contribution in [3.63, 3.8) is 0 Å². The molecule has 1 aliphatic heterocycles. The number of carboxylic acid groups (broad SMARTS) is 1. The van der Waals surface area contributed by atoms with Crippen LogP contribution in [0.1, 0.15) is 42.5 Å². The molecule has 0 radical (unpaired) electrons. The number of amides is 1. The van der Waals surface area contributed by atoms with Gasteiger partial charge < -0.3 is 14.7 Å². The van der Waals surface area contributed by atoms with E-state index in [2.05, 4.69) is 0 Å². The number of hydrogen-bond acceptors (Lipinski definition) is 3. The maximum atomic E-state index is 12.4. The van der Waals surface area contributed by atoms with Gasteiger partial charge in [-0.05, 0) is 56.4 Å². The van der Waals surface area contributed by atoms with Gasteiger partial charge in [0.2, 0.25) is 0 Å². The van der Waals surface area contributed by atoms with Crippen LogP contribution >= 0.6 is 0 Å². The SMILES string of the molecule is O=C(O)[C@H]1CCCN1C(=O)c1ccc(OC2CCC2)cc1. The molecule has 1 aliphatic carbocycles. The van der Waals surface area contributed by atoms with Crippen molar-refractivity contribution < 1.29 is 19.4 Å². The summed E-state index contributed by atoms with van der Waals surface area (Å²) < 4.78 is 5.75.